The summed E-state index contributed by atoms with van der Waals surface area (Å²) in [6, 6.07) is 1.15. The van der Waals surface area contributed by atoms with E-state index in [2.05, 4.69) is 5.32 Å². The largest absolute Gasteiger partial charge is 0.369 e. The van der Waals surface area contributed by atoms with Crippen molar-refractivity contribution in [2.75, 3.05) is 0 Å². The average Bonchev–Trinajstić information content (AvgIpc) is 2.30. The van der Waals surface area contributed by atoms with E-state index in [1.54, 1.807) is 0 Å². The van der Waals surface area contributed by atoms with Crippen LogP contribution in [0.5, 0.6) is 0 Å². The molecule has 0 aromatic heterocycles. The van der Waals surface area contributed by atoms with Gasteiger partial charge in [0.25, 0.3) is 0 Å². The van der Waals surface area contributed by atoms with Crippen molar-refractivity contribution < 1.29 is 4.79 Å². The van der Waals surface area contributed by atoms with Crippen molar-refractivity contribution in [1.29, 1.82) is 0 Å². The molecule has 0 saturated carbocycles. The third-order valence-corrected chi connectivity index (χ3v) is 2.88. The third-order valence-electron chi connectivity index (χ3n) is 2.88. The number of fused-ring (bicyclic) bond motifs is 2. The lowest BCUT2D eigenvalue weighted by molar-refractivity contribution is -0.122. The quantitative estimate of drug-likeness (QED) is 0.558. The van der Waals surface area contributed by atoms with Gasteiger partial charge >= 0.3 is 0 Å². The fourth-order valence-electron chi connectivity index (χ4n) is 2.29. The molecule has 3 heteroatoms. The Labute approximate surface area is 66.3 Å². The number of rotatable bonds is 1. The first kappa shape index (κ1) is 7.10. The number of nitrogens with two attached hydrogens (primary N) is 1. The van der Waals surface area contributed by atoms with Gasteiger partial charge in [0.1, 0.15) is 0 Å². The Balaban J connectivity index is 2.02. The van der Waals surface area contributed by atoms with Gasteiger partial charge in [0.05, 0.1) is 0 Å². The van der Waals surface area contributed by atoms with Crippen LogP contribution >= 0.6 is 0 Å². The van der Waals surface area contributed by atoms with E-state index < -0.39 is 0 Å². The van der Waals surface area contributed by atoms with E-state index in [1.807, 2.05) is 0 Å². The van der Waals surface area contributed by atoms with Crippen LogP contribution in [0.25, 0.3) is 0 Å². The van der Waals surface area contributed by atoms with Crippen molar-refractivity contribution in [2.24, 2.45) is 11.7 Å². The molecule has 11 heavy (non-hydrogen) atoms. The van der Waals surface area contributed by atoms with Gasteiger partial charge in [0.2, 0.25) is 5.91 Å². The molecule has 2 unspecified atom stereocenters. The van der Waals surface area contributed by atoms with Gasteiger partial charge in [0.15, 0.2) is 0 Å². The second-order valence-electron chi connectivity index (χ2n) is 3.71. The van der Waals surface area contributed by atoms with Crippen LogP contribution in [-0.2, 0) is 4.79 Å². The number of amides is 1. The van der Waals surface area contributed by atoms with Gasteiger partial charge in [-0.05, 0) is 25.7 Å². The monoisotopic (exact) mass is 154 g/mol. The minimum atomic E-state index is -0.108. The molecule has 62 valence electrons. The van der Waals surface area contributed by atoms with Crippen LogP contribution in [0.1, 0.15) is 25.7 Å². The Bertz CT molecular complexity index is 169. The Hall–Kier alpha value is -0.570. The summed E-state index contributed by atoms with van der Waals surface area (Å²) in [5.74, 6) is 0.0390. The Morgan fingerprint density at radius 2 is 1.82 bits per heavy atom. The molecular weight excluding hydrogens is 140 g/mol. The number of hydrogen-bond acceptors (Lipinski definition) is 2. The number of primary amides is 1. The molecular formula is C8H14N2O. The molecule has 3 N–H and O–H groups in total. The van der Waals surface area contributed by atoms with Crippen molar-refractivity contribution in [2.45, 2.75) is 37.8 Å². The normalized spacial score (nSPS) is 42.4. The lowest BCUT2D eigenvalue weighted by atomic mass is 9.92. The van der Waals surface area contributed by atoms with E-state index in [-0.39, 0.29) is 11.8 Å². The van der Waals surface area contributed by atoms with Crippen LogP contribution in [0.4, 0.5) is 0 Å². The van der Waals surface area contributed by atoms with Crippen molar-refractivity contribution in [3.05, 3.63) is 0 Å². The summed E-state index contributed by atoms with van der Waals surface area (Å²) >= 11 is 0. The van der Waals surface area contributed by atoms with Crippen LogP contribution in [0.2, 0.25) is 0 Å². The maximum absolute atomic E-state index is 10.9. The fourth-order valence-corrected chi connectivity index (χ4v) is 2.29. The highest BCUT2D eigenvalue weighted by molar-refractivity contribution is 5.76. The van der Waals surface area contributed by atoms with E-state index in [9.17, 15) is 4.79 Å². The number of piperidine rings is 1. The summed E-state index contributed by atoms with van der Waals surface area (Å²) in [6.07, 6.45) is 4.39. The molecule has 2 saturated heterocycles. The summed E-state index contributed by atoms with van der Waals surface area (Å²) < 4.78 is 0. The standard InChI is InChI=1S/C8H14N2O/c9-8(11)5-3-6-1-2-7(4-5)10-6/h5-7,10H,1-4H2,(H2,9,11). The third kappa shape index (κ3) is 1.25. The maximum Gasteiger partial charge on any atom is 0.220 e. The van der Waals surface area contributed by atoms with Gasteiger partial charge in [0, 0.05) is 18.0 Å². The van der Waals surface area contributed by atoms with Crippen LogP contribution in [0.15, 0.2) is 0 Å². The lowest BCUT2D eigenvalue weighted by Crippen LogP contribution is -2.42. The van der Waals surface area contributed by atoms with E-state index in [0.29, 0.717) is 12.1 Å². The smallest absolute Gasteiger partial charge is 0.220 e. The second-order valence-corrected chi connectivity index (χ2v) is 3.71. The first-order chi connectivity index (χ1) is 5.25. The Kier molecular flexibility index (Phi) is 1.60. The molecule has 2 aliphatic rings. The highest BCUT2D eigenvalue weighted by Crippen LogP contribution is 2.30. The molecule has 2 rings (SSSR count). The summed E-state index contributed by atoms with van der Waals surface area (Å²) in [4.78, 5) is 10.9. The van der Waals surface area contributed by atoms with Gasteiger partial charge < -0.3 is 11.1 Å². The van der Waals surface area contributed by atoms with Gasteiger partial charge in [-0.2, -0.15) is 0 Å². The zero-order valence-electron chi connectivity index (χ0n) is 6.55. The molecule has 2 aliphatic heterocycles. The van der Waals surface area contributed by atoms with E-state index in [0.717, 1.165) is 12.8 Å². The number of nitrogens with one attached hydrogen (secondary N) is 1. The minimum Gasteiger partial charge on any atom is -0.369 e. The topological polar surface area (TPSA) is 55.1 Å². The van der Waals surface area contributed by atoms with Crippen molar-refractivity contribution in [3.63, 3.8) is 0 Å². The molecule has 2 atom stereocenters. The lowest BCUT2D eigenvalue weighted by Gasteiger charge is -2.26. The Morgan fingerprint density at radius 1 is 1.27 bits per heavy atom. The minimum absolute atomic E-state index is 0.108. The zero-order valence-corrected chi connectivity index (χ0v) is 6.55. The molecule has 0 aliphatic carbocycles. The van der Waals surface area contributed by atoms with E-state index in [4.69, 9.17) is 5.73 Å². The maximum atomic E-state index is 10.9. The molecule has 0 spiro atoms. The second kappa shape index (κ2) is 2.48. The average molecular weight is 154 g/mol. The number of carbonyl (C=O) groups excluding carboxylic acids is 1. The van der Waals surface area contributed by atoms with Crippen LogP contribution in [-0.4, -0.2) is 18.0 Å². The molecule has 2 heterocycles. The van der Waals surface area contributed by atoms with Crippen LogP contribution in [0, 0.1) is 5.92 Å². The molecule has 0 radical (unpaired) electrons. The zero-order chi connectivity index (χ0) is 7.84. The fraction of sp³-hybridized carbons (Fsp3) is 0.875. The molecule has 0 aromatic carbocycles. The van der Waals surface area contributed by atoms with Crippen LogP contribution < -0.4 is 11.1 Å². The summed E-state index contributed by atoms with van der Waals surface area (Å²) in [5.41, 5.74) is 5.25. The number of carbonyl (C=O) groups is 1. The summed E-state index contributed by atoms with van der Waals surface area (Å²) in [7, 11) is 0. The first-order valence-corrected chi connectivity index (χ1v) is 4.31. The molecule has 2 bridgehead atoms. The molecule has 1 amide bonds. The highest BCUT2D eigenvalue weighted by atomic mass is 16.1. The predicted molar refractivity (Wildman–Crippen MR) is 41.9 cm³/mol. The molecule has 2 fully saturated rings. The molecule has 3 nitrogen and oxygen atoms in total. The predicted octanol–water partition coefficient (Wildman–Crippen LogP) is 0.00230. The van der Waals surface area contributed by atoms with Crippen molar-refractivity contribution >= 4 is 5.91 Å². The van der Waals surface area contributed by atoms with Gasteiger partial charge in [-0.25, -0.2) is 0 Å². The van der Waals surface area contributed by atoms with Gasteiger partial charge in [-0.1, -0.05) is 0 Å². The van der Waals surface area contributed by atoms with Gasteiger partial charge in [-0.15, -0.1) is 0 Å². The highest BCUT2D eigenvalue weighted by Gasteiger charge is 2.35. The van der Waals surface area contributed by atoms with E-state index in [1.165, 1.54) is 12.8 Å². The van der Waals surface area contributed by atoms with Crippen molar-refractivity contribution in [1.82, 2.24) is 5.32 Å². The summed E-state index contributed by atoms with van der Waals surface area (Å²) in [6.45, 7) is 0. The summed E-state index contributed by atoms with van der Waals surface area (Å²) in [5, 5.41) is 3.47. The van der Waals surface area contributed by atoms with Gasteiger partial charge in [-0.3, -0.25) is 4.79 Å². The van der Waals surface area contributed by atoms with Crippen LogP contribution in [0.3, 0.4) is 0 Å². The Morgan fingerprint density at radius 3 is 2.27 bits per heavy atom. The number of hydrogen-bond donors (Lipinski definition) is 2. The first-order valence-electron chi connectivity index (χ1n) is 4.31. The molecule has 0 aromatic rings. The van der Waals surface area contributed by atoms with Crippen molar-refractivity contribution in [3.8, 4) is 0 Å². The SMILES string of the molecule is NC(=O)C1CC2CCC(C1)N2. The van der Waals surface area contributed by atoms with E-state index >= 15 is 0 Å².